The Morgan fingerprint density at radius 3 is 2.35 bits per heavy atom. The number of nitrogens with one attached hydrogen (secondary N) is 2. The van der Waals surface area contributed by atoms with Gasteiger partial charge in [0.1, 0.15) is 5.75 Å². The number of amides is 1. The Morgan fingerprint density at radius 2 is 1.65 bits per heavy atom. The third-order valence-electron chi connectivity index (χ3n) is 3.77. The number of halogens is 1. The van der Waals surface area contributed by atoms with E-state index in [0.29, 0.717) is 41.8 Å². The zero-order chi connectivity index (χ0) is 18.9. The van der Waals surface area contributed by atoms with Crippen molar-refractivity contribution in [2.45, 2.75) is 13.0 Å². The molecule has 7 heteroatoms. The summed E-state index contributed by atoms with van der Waals surface area (Å²) in [6.45, 7) is 0.883. The first-order valence-electron chi connectivity index (χ1n) is 8.12. The summed E-state index contributed by atoms with van der Waals surface area (Å²) in [4.78, 5) is 12.0. The van der Waals surface area contributed by atoms with E-state index in [2.05, 4.69) is 10.6 Å². The molecule has 0 aliphatic carbocycles. The van der Waals surface area contributed by atoms with Gasteiger partial charge in [-0.3, -0.25) is 4.79 Å². The SMILES string of the molecule is COc1ccc(Cl)cc1NCCC(=O)NCc1ccc(OC)c(OC)c1. The van der Waals surface area contributed by atoms with Crippen LogP contribution in [0.5, 0.6) is 17.2 Å². The highest BCUT2D eigenvalue weighted by molar-refractivity contribution is 6.30. The van der Waals surface area contributed by atoms with E-state index in [9.17, 15) is 4.79 Å². The predicted molar refractivity (Wildman–Crippen MR) is 103 cm³/mol. The fourth-order valence-electron chi connectivity index (χ4n) is 2.41. The van der Waals surface area contributed by atoms with Gasteiger partial charge in [0.05, 0.1) is 27.0 Å². The molecule has 6 nitrogen and oxygen atoms in total. The summed E-state index contributed by atoms with van der Waals surface area (Å²) in [7, 11) is 4.75. The maximum atomic E-state index is 12.0. The van der Waals surface area contributed by atoms with Crippen LogP contribution in [-0.2, 0) is 11.3 Å². The molecule has 0 unspecified atom stereocenters. The van der Waals surface area contributed by atoms with Crippen molar-refractivity contribution >= 4 is 23.2 Å². The van der Waals surface area contributed by atoms with Crippen molar-refractivity contribution < 1.29 is 19.0 Å². The number of anilines is 1. The number of benzene rings is 2. The highest BCUT2D eigenvalue weighted by Gasteiger charge is 2.07. The minimum atomic E-state index is -0.0618. The number of hydrogen-bond donors (Lipinski definition) is 2. The zero-order valence-electron chi connectivity index (χ0n) is 15.1. The third-order valence-corrected chi connectivity index (χ3v) is 4.00. The van der Waals surface area contributed by atoms with Crippen molar-refractivity contribution in [3.05, 3.63) is 47.0 Å². The number of ether oxygens (including phenoxy) is 3. The van der Waals surface area contributed by atoms with Crippen LogP contribution in [0.2, 0.25) is 5.02 Å². The first-order valence-corrected chi connectivity index (χ1v) is 8.50. The Morgan fingerprint density at radius 1 is 0.962 bits per heavy atom. The number of methoxy groups -OCH3 is 3. The van der Waals surface area contributed by atoms with E-state index in [0.717, 1.165) is 11.3 Å². The van der Waals surface area contributed by atoms with Gasteiger partial charge in [0, 0.05) is 24.5 Å². The lowest BCUT2D eigenvalue weighted by Crippen LogP contribution is -2.25. The molecule has 0 saturated carbocycles. The number of hydrogen-bond acceptors (Lipinski definition) is 5. The molecule has 1 amide bonds. The molecular weight excluding hydrogens is 356 g/mol. The van der Waals surface area contributed by atoms with Gasteiger partial charge in [0.2, 0.25) is 5.91 Å². The molecule has 2 N–H and O–H groups in total. The van der Waals surface area contributed by atoms with E-state index in [4.69, 9.17) is 25.8 Å². The molecule has 0 aliphatic heterocycles. The molecule has 0 heterocycles. The molecule has 0 fully saturated rings. The van der Waals surface area contributed by atoms with E-state index in [1.54, 1.807) is 39.5 Å². The normalized spacial score (nSPS) is 10.2. The molecule has 0 bridgehead atoms. The second-order valence-electron chi connectivity index (χ2n) is 5.49. The van der Waals surface area contributed by atoms with Crippen LogP contribution >= 0.6 is 11.6 Å². The largest absolute Gasteiger partial charge is 0.495 e. The van der Waals surface area contributed by atoms with Gasteiger partial charge in [0.15, 0.2) is 11.5 Å². The molecule has 0 radical (unpaired) electrons. The van der Waals surface area contributed by atoms with Crippen molar-refractivity contribution in [2.24, 2.45) is 0 Å². The van der Waals surface area contributed by atoms with E-state index in [-0.39, 0.29) is 5.91 Å². The van der Waals surface area contributed by atoms with Crippen LogP contribution in [0.25, 0.3) is 0 Å². The summed E-state index contributed by atoms with van der Waals surface area (Å²) >= 11 is 5.99. The Kier molecular flexibility index (Phi) is 7.41. The predicted octanol–water partition coefficient (Wildman–Crippen LogP) is 3.48. The fourth-order valence-corrected chi connectivity index (χ4v) is 2.58. The lowest BCUT2D eigenvalue weighted by molar-refractivity contribution is -0.121. The minimum Gasteiger partial charge on any atom is -0.495 e. The van der Waals surface area contributed by atoms with Gasteiger partial charge in [0.25, 0.3) is 0 Å². The maximum absolute atomic E-state index is 12.0. The molecule has 26 heavy (non-hydrogen) atoms. The topological polar surface area (TPSA) is 68.8 Å². The molecule has 2 aromatic rings. The lowest BCUT2D eigenvalue weighted by Gasteiger charge is -2.12. The monoisotopic (exact) mass is 378 g/mol. The minimum absolute atomic E-state index is 0.0618. The molecule has 0 spiro atoms. The smallest absolute Gasteiger partial charge is 0.222 e. The molecule has 0 aliphatic rings. The van der Waals surface area contributed by atoms with Crippen LogP contribution in [0.15, 0.2) is 36.4 Å². The molecule has 0 aromatic heterocycles. The van der Waals surface area contributed by atoms with E-state index in [1.807, 2.05) is 18.2 Å². The summed E-state index contributed by atoms with van der Waals surface area (Å²) in [5.41, 5.74) is 1.69. The highest BCUT2D eigenvalue weighted by Crippen LogP contribution is 2.28. The van der Waals surface area contributed by atoms with Crippen molar-refractivity contribution in [1.82, 2.24) is 5.32 Å². The standard InChI is InChI=1S/C19H23ClN2O4/c1-24-16-7-5-14(20)11-15(16)21-9-8-19(23)22-12-13-4-6-17(25-2)18(10-13)26-3/h4-7,10-11,21H,8-9,12H2,1-3H3,(H,22,23). The summed E-state index contributed by atoms with van der Waals surface area (Å²) < 4.78 is 15.7. The third kappa shape index (κ3) is 5.46. The van der Waals surface area contributed by atoms with Crippen LogP contribution in [0.4, 0.5) is 5.69 Å². The van der Waals surface area contributed by atoms with E-state index < -0.39 is 0 Å². The molecular formula is C19H23ClN2O4. The summed E-state index contributed by atoms with van der Waals surface area (Å²) in [5, 5.41) is 6.64. The van der Waals surface area contributed by atoms with Crippen LogP contribution in [0.3, 0.4) is 0 Å². The summed E-state index contributed by atoms with van der Waals surface area (Å²) in [5.74, 6) is 1.91. The Balaban J connectivity index is 1.82. The van der Waals surface area contributed by atoms with Gasteiger partial charge in [-0.15, -0.1) is 0 Å². The van der Waals surface area contributed by atoms with Gasteiger partial charge in [-0.2, -0.15) is 0 Å². The average molecular weight is 379 g/mol. The fraction of sp³-hybridized carbons (Fsp3) is 0.316. The van der Waals surface area contributed by atoms with E-state index in [1.165, 1.54) is 0 Å². The van der Waals surface area contributed by atoms with Crippen LogP contribution in [0, 0.1) is 0 Å². The van der Waals surface area contributed by atoms with Crippen LogP contribution < -0.4 is 24.8 Å². The van der Waals surface area contributed by atoms with Crippen molar-refractivity contribution in [2.75, 3.05) is 33.2 Å². The molecule has 2 aromatic carbocycles. The van der Waals surface area contributed by atoms with Gasteiger partial charge >= 0.3 is 0 Å². The quantitative estimate of drug-likeness (QED) is 0.699. The summed E-state index contributed by atoms with van der Waals surface area (Å²) in [6.07, 6.45) is 0.322. The van der Waals surface area contributed by atoms with Gasteiger partial charge < -0.3 is 24.8 Å². The number of carbonyl (C=O) groups excluding carboxylic acids is 1. The molecule has 0 atom stereocenters. The highest BCUT2D eigenvalue weighted by atomic mass is 35.5. The molecule has 140 valence electrons. The Labute approximate surface area is 158 Å². The van der Waals surface area contributed by atoms with Gasteiger partial charge in [-0.1, -0.05) is 17.7 Å². The second kappa shape index (κ2) is 9.77. The number of carbonyl (C=O) groups is 1. The van der Waals surface area contributed by atoms with Crippen molar-refractivity contribution in [3.8, 4) is 17.2 Å². The maximum Gasteiger partial charge on any atom is 0.222 e. The molecule has 0 saturated heterocycles. The van der Waals surface area contributed by atoms with Gasteiger partial charge in [-0.05, 0) is 35.9 Å². The van der Waals surface area contributed by atoms with Gasteiger partial charge in [-0.25, -0.2) is 0 Å². The second-order valence-corrected chi connectivity index (χ2v) is 5.92. The van der Waals surface area contributed by atoms with Crippen molar-refractivity contribution in [1.29, 1.82) is 0 Å². The number of rotatable bonds is 9. The van der Waals surface area contributed by atoms with Crippen LogP contribution in [-0.4, -0.2) is 33.8 Å². The average Bonchev–Trinajstić information content (AvgIpc) is 2.66. The Bertz CT molecular complexity index is 752. The van der Waals surface area contributed by atoms with Crippen molar-refractivity contribution in [3.63, 3.8) is 0 Å². The summed E-state index contributed by atoms with van der Waals surface area (Å²) in [6, 6.07) is 10.8. The first-order chi connectivity index (χ1) is 12.6. The molecule has 2 rings (SSSR count). The van der Waals surface area contributed by atoms with Crippen LogP contribution in [0.1, 0.15) is 12.0 Å². The van der Waals surface area contributed by atoms with E-state index >= 15 is 0 Å². The Hall–Kier alpha value is -2.60. The zero-order valence-corrected chi connectivity index (χ0v) is 15.9. The first kappa shape index (κ1) is 19.7. The lowest BCUT2D eigenvalue weighted by atomic mass is 10.2.